The van der Waals surface area contributed by atoms with Crippen molar-refractivity contribution in [2.24, 2.45) is 0 Å². The number of hydrogen-bond acceptors (Lipinski definition) is 6. The zero-order chi connectivity index (χ0) is 11.6. The van der Waals surface area contributed by atoms with Crippen LogP contribution in [0.2, 0.25) is 0 Å². The van der Waals surface area contributed by atoms with Crippen LogP contribution < -0.4 is 5.32 Å². The highest BCUT2D eigenvalue weighted by molar-refractivity contribution is 5.85. The summed E-state index contributed by atoms with van der Waals surface area (Å²) in [5.74, 6) is -0.462. The lowest BCUT2D eigenvalue weighted by Crippen LogP contribution is -2.63. The average molecular weight is 258 g/mol. The Morgan fingerprint density at radius 2 is 1.88 bits per heavy atom. The summed E-state index contributed by atoms with van der Waals surface area (Å²) in [6, 6.07) is -1.10. The van der Waals surface area contributed by atoms with Gasteiger partial charge in [-0.1, -0.05) is 0 Å². The van der Waals surface area contributed by atoms with Gasteiger partial charge in [0.2, 0.25) is 5.91 Å². The number of amides is 1. The molecule has 0 radical (unpaired) electrons. The van der Waals surface area contributed by atoms with Crippen molar-refractivity contribution in [2.45, 2.75) is 37.6 Å². The zero-order valence-corrected chi connectivity index (χ0v) is 9.42. The molecule has 0 aliphatic carbocycles. The van der Waals surface area contributed by atoms with Crippen molar-refractivity contribution in [3.63, 3.8) is 0 Å². The van der Waals surface area contributed by atoms with E-state index in [9.17, 15) is 20.1 Å². The van der Waals surface area contributed by atoms with E-state index in [4.69, 9.17) is 9.84 Å². The van der Waals surface area contributed by atoms with E-state index in [2.05, 4.69) is 5.32 Å². The van der Waals surface area contributed by atoms with Crippen molar-refractivity contribution >= 4 is 18.3 Å². The summed E-state index contributed by atoms with van der Waals surface area (Å²) in [5, 5.41) is 39.4. The van der Waals surface area contributed by atoms with Gasteiger partial charge in [-0.3, -0.25) is 4.79 Å². The Kier molecular flexibility index (Phi) is 6.16. The fourth-order valence-corrected chi connectivity index (χ4v) is 1.49. The molecule has 0 bridgehead atoms. The number of hydrogen-bond donors (Lipinski definition) is 5. The largest absolute Gasteiger partial charge is 0.394 e. The third-order valence-corrected chi connectivity index (χ3v) is 2.27. The lowest BCUT2D eigenvalue weighted by atomic mass is 9.97. The number of carbonyl (C=O) groups excluding carboxylic acids is 1. The minimum Gasteiger partial charge on any atom is -0.394 e. The third kappa shape index (κ3) is 3.27. The van der Waals surface area contributed by atoms with Crippen LogP contribution in [0, 0.1) is 0 Å². The Balaban J connectivity index is 0.00000225. The van der Waals surface area contributed by atoms with Crippen LogP contribution in [0.5, 0.6) is 0 Å². The molecular weight excluding hydrogens is 242 g/mol. The predicted octanol–water partition coefficient (Wildman–Crippen LogP) is -2.66. The number of rotatable bonds is 2. The lowest BCUT2D eigenvalue weighted by molar-refractivity contribution is -0.253. The van der Waals surface area contributed by atoms with E-state index in [1.807, 2.05) is 0 Å². The lowest BCUT2D eigenvalue weighted by Gasteiger charge is -2.40. The monoisotopic (exact) mass is 257 g/mol. The molecule has 7 nitrogen and oxygen atoms in total. The Morgan fingerprint density at radius 1 is 1.31 bits per heavy atom. The van der Waals surface area contributed by atoms with E-state index in [1.165, 1.54) is 6.92 Å². The van der Waals surface area contributed by atoms with Crippen LogP contribution in [-0.2, 0) is 9.53 Å². The smallest absolute Gasteiger partial charge is 0.217 e. The molecule has 0 aromatic carbocycles. The van der Waals surface area contributed by atoms with Gasteiger partial charge in [0.25, 0.3) is 0 Å². The van der Waals surface area contributed by atoms with Gasteiger partial charge < -0.3 is 30.5 Å². The van der Waals surface area contributed by atoms with Crippen LogP contribution in [0.25, 0.3) is 0 Å². The highest BCUT2D eigenvalue weighted by Gasteiger charge is 2.43. The zero-order valence-electron chi connectivity index (χ0n) is 8.61. The van der Waals surface area contributed by atoms with Gasteiger partial charge in [-0.05, 0) is 0 Å². The molecule has 1 aliphatic heterocycles. The third-order valence-electron chi connectivity index (χ3n) is 2.27. The maximum Gasteiger partial charge on any atom is 0.217 e. The summed E-state index contributed by atoms with van der Waals surface area (Å²) in [7, 11) is 0. The molecule has 1 aliphatic rings. The van der Waals surface area contributed by atoms with Crippen LogP contribution in [0.1, 0.15) is 6.92 Å². The van der Waals surface area contributed by atoms with Crippen LogP contribution in [-0.4, -0.2) is 63.6 Å². The molecule has 5 atom stereocenters. The molecule has 16 heavy (non-hydrogen) atoms. The van der Waals surface area contributed by atoms with Crippen molar-refractivity contribution < 1.29 is 30.0 Å². The van der Waals surface area contributed by atoms with Gasteiger partial charge in [-0.15, -0.1) is 12.4 Å². The first-order valence-electron chi connectivity index (χ1n) is 4.55. The molecular formula is C8H16ClNO6. The van der Waals surface area contributed by atoms with Crippen LogP contribution in [0.3, 0.4) is 0 Å². The quantitative estimate of drug-likeness (QED) is 0.369. The molecule has 0 aromatic rings. The van der Waals surface area contributed by atoms with Crippen molar-refractivity contribution in [3.8, 4) is 0 Å². The van der Waals surface area contributed by atoms with E-state index in [-0.39, 0.29) is 12.4 Å². The number of aliphatic hydroxyl groups is 4. The minimum absolute atomic E-state index is 0. The van der Waals surface area contributed by atoms with E-state index < -0.39 is 43.2 Å². The Labute approximate surface area is 98.4 Å². The van der Waals surface area contributed by atoms with Gasteiger partial charge in [0, 0.05) is 6.92 Å². The summed E-state index contributed by atoms with van der Waals surface area (Å²) in [6.07, 6.45) is -5.24. The summed E-state index contributed by atoms with van der Waals surface area (Å²) < 4.78 is 4.81. The van der Waals surface area contributed by atoms with Crippen LogP contribution in [0.4, 0.5) is 0 Å². The topological polar surface area (TPSA) is 119 Å². The molecule has 8 heteroatoms. The first-order valence-corrected chi connectivity index (χ1v) is 4.55. The van der Waals surface area contributed by atoms with Gasteiger partial charge in [-0.2, -0.15) is 0 Å². The average Bonchev–Trinajstić information content (AvgIpc) is 2.18. The predicted molar refractivity (Wildman–Crippen MR) is 54.8 cm³/mol. The number of aliphatic hydroxyl groups excluding tert-OH is 4. The van der Waals surface area contributed by atoms with Gasteiger partial charge in [-0.25, -0.2) is 0 Å². The van der Waals surface area contributed by atoms with Crippen molar-refractivity contribution in [2.75, 3.05) is 6.61 Å². The maximum atomic E-state index is 10.7. The number of nitrogens with one attached hydrogen (secondary N) is 1. The molecule has 0 spiro atoms. The Bertz CT molecular complexity index is 241. The van der Waals surface area contributed by atoms with E-state index in [0.717, 1.165) is 0 Å². The van der Waals surface area contributed by atoms with Gasteiger partial charge in [0.05, 0.1) is 6.61 Å². The van der Waals surface area contributed by atoms with E-state index in [1.54, 1.807) is 0 Å². The molecule has 96 valence electrons. The SMILES string of the molecule is CC(=O)N[C@H]1C(O)O[C@H](CO)[C@H](O)[C@@H]1O.Cl. The maximum absolute atomic E-state index is 10.7. The van der Waals surface area contributed by atoms with Crippen LogP contribution >= 0.6 is 12.4 Å². The number of ether oxygens (including phenoxy) is 1. The molecule has 0 saturated carbocycles. The second kappa shape index (κ2) is 6.33. The first-order chi connectivity index (χ1) is 6.97. The fraction of sp³-hybridized carbons (Fsp3) is 0.875. The molecule has 1 heterocycles. The Hall–Kier alpha value is -0.440. The highest BCUT2D eigenvalue weighted by Crippen LogP contribution is 2.19. The molecule has 1 saturated heterocycles. The van der Waals surface area contributed by atoms with Gasteiger partial charge in [0.1, 0.15) is 24.4 Å². The molecule has 1 unspecified atom stereocenters. The summed E-state index contributed by atoms with van der Waals surface area (Å²) in [6.45, 7) is 0.687. The van der Waals surface area contributed by atoms with Crippen LogP contribution in [0.15, 0.2) is 0 Å². The van der Waals surface area contributed by atoms with Crippen molar-refractivity contribution in [1.82, 2.24) is 5.32 Å². The number of carbonyl (C=O) groups is 1. The normalized spacial score (nSPS) is 38.7. The molecule has 5 N–H and O–H groups in total. The first kappa shape index (κ1) is 15.6. The van der Waals surface area contributed by atoms with E-state index in [0.29, 0.717) is 0 Å². The molecule has 0 aromatic heterocycles. The van der Waals surface area contributed by atoms with E-state index >= 15 is 0 Å². The minimum atomic E-state index is -1.45. The molecule has 1 fully saturated rings. The van der Waals surface area contributed by atoms with Crippen molar-refractivity contribution in [3.05, 3.63) is 0 Å². The molecule has 1 rings (SSSR count). The number of halogens is 1. The van der Waals surface area contributed by atoms with Gasteiger partial charge >= 0.3 is 0 Å². The summed E-state index contributed by atoms with van der Waals surface area (Å²) >= 11 is 0. The molecule has 1 amide bonds. The second-order valence-corrected chi connectivity index (χ2v) is 3.46. The fourth-order valence-electron chi connectivity index (χ4n) is 1.49. The second-order valence-electron chi connectivity index (χ2n) is 3.46. The van der Waals surface area contributed by atoms with Gasteiger partial charge in [0.15, 0.2) is 6.29 Å². The van der Waals surface area contributed by atoms with Crippen molar-refractivity contribution in [1.29, 1.82) is 0 Å². The highest BCUT2D eigenvalue weighted by atomic mass is 35.5. The summed E-state index contributed by atoms with van der Waals surface area (Å²) in [4.78, 5) is 10.7. The Morgan fingerprint density at radius 3 is 2.31 bits per heavy atom. The summed E-state index contributed by atoms with van der Waals surface area (Å²) in [5.41, 5.74) is 0. The standard InChI is InChI=1S/C8H15NO6.ClH/c1-3(11)9-5-7(13)6(12)4(2-10)15-8(5)14;/h4-8,10,12-14H,2H2,1H3,(H,9,11);1H/t4-,5-,6+,7-,8?;/m1./s1.